The molecule has 0 spiro atoms. The van der Waals surface area contributed by atoms with E-state index in [0.717, 1.165) is 11.1 Å². The number of carboxylic acid groups (broad SMARTS) is 1. The van der Waals surface area contributed by atoms with Gasteiger partial charge in [-0.1, -0.05) is 12.1 Å². The van der Waals surface area contributed by atoms with Crippen molar-refractivity contribution in [3.8, 4) is 5.75 Å². The van der Waals surface area contributed by atoms with Gasteiger partial charge in [0.2, 0.25) is 0 Å². The van der Waals surface area contributed by atoms with Crippen molar-refractivity contribution >= 4 is 35.0 Å². The average Bonchev–Trinajstić information content (AvgIpc) is 2.91. The van der Waals surface area contributed by atoms with Crippen LogP contribution in [-0.4, -0.2) is 32.7 Å². The number of carboxylic acids is 1. The number of hydrazone groups is 1. The number of nitro groups is 1. The van der Waals surface area contributed by atoms with E-state index in [2.05, 4.69) is 5.10 Å². The average molecular weight is 367 g/mol. The second kappa shape index (κ2) is 6.71. The number of rotatable bonds is 4. The minimum Gasteiger partial charge on any atom is -0.502 e. The molecule has 0 fully saturated rings. The van der Waals surface area contributed by atoms with Gasteiger partial charge in [-0.3, -0.25) is 14.9 Å². The van der Waals surface area contributed by atoms with Crippen molar-refractivity contribution in [1.29, 1.82) is 0 Å². The predicted molar refractivity (Wildman–Crippen MR) is 96.7 cm³/mol. The molecule has 0 aromatic heterocycles. The topological polar surface area (TPSA) is 133 Å². The Morgan fingerprint density at radius 2 is 2.00 bits per heavy atom. The molecular weight excluding hydrogens is 354 g/mol. The van der Waals surface area contributed by atoms with Crippen molar-refractivity contribution in [3.05, 3.63) is 69.3 Å². The summed E-state index contributed by atoms with van der Waals surface area (Å²) in [4.78, 5) is 34.0. The molecule has 0 saturated heterocycles. The third-order valence-corrected chi connectivity index (χ3v) is 3.91. The number of phenols is 1. The molecule has 0 radical (unpaired) electrons. The molecule has 1 heterocycles. The van der Waals surface area contributed by atoms with Crippen LogP contribution in [0.3, 0.4) is 0 Å². The zero-order valence-corrected chi connectivity index (χ0v) is 14.0. The second-order valence-corrected chi connectivity index (χ2v) is 5.72. The fourth-order valence-corrected chi connectivity index (χ4v) is 2.57. The fraction of sp³-hybridized carbons (Fsp3) is 0.0556. The van der Waals surface area contributed by atoms with Gasteiger partial charge in [0.15, 0.2) is 5.75 Å². The Bertz CT molecular complexity index is 1040. The molecule has 2 aromatic carbocycles. The van der Waals surface area contributed by atoms with Crippen molar-refractivity contribution in [1.82, 2.24) is 0 Å². The van der Waals surface area contributed by atoms with Crippen molar-refractivity contribution in [3.63, 3.8) is 0 Å². The molecule has 0 aliphatic carbocycles. The number of hydrogen-bond donors (Lipinski definition) is 2. The van der Waals surface area contributed by atoms with Crippen LogP contribution in [0.5, 0.6) is 5.75 Å². The van der Waals surface area contributed by atoms with Gasteiger partial charge in [-0.05, 0) is 42.8 Å². The van der Waals surface area contributed by atoms with Crippen molar-refractivity contribution in [2.75, 3.05) is 5.01 Å². The van der Waals surface area contributed by atoms with E-state index in [4.69, 9.17) is 5.11 Å². The molecule has 9 nitrogen and oxygen atoms in total. The van der Waals surface area contributed by atoms with E-state index in [1.807, 2.05) is 0 Å². The van der Waals surface area contributed by atoms with Crippen LogP contribution in [0.4, 0.5) is 11.4 Å². The predicted octanol–water partition coefficient (Wildman–Crippen LogP) is 2.80. The number of carbonyl (C=O) groups excluding carboxylic acids is 1. The van der Waals surface area contributed by atoms with E-state index in [-0.39, 0.29) is 11.1 Å². The van der Waals surface area contributed by atoms with Crippen molar-refractivity contribution < 1.29 is 24.7 Å². The van der Waals surface area contributed by atoms with E-state index in [1.165, 1.54) is 36.4 Å². The maximum atomic E-state index is 12.7. The molecule has 0 atom stereocenters. The maximum Gasteiger partial charge on any atom is 0.335 e. The Balaban J connectivity index is 1.97. The first-order valence-electron chi connectivity index (χ1n) is 7.70. The van der Waals surface area contributed by atoms with E-state index >= 15 is 0 Å². The summed E-state index contributed by atoms with van der Waals surface area (Å²) in [6.07, 6.45) is 1.43. The molecule has 2 aromatic rings. The Kier molecular flexibility index (Phi) is 4.43. The Hall–Kier alpha value is -4.01. The number of carbonyl (C=O) groups is 2. The van der Waals surface area contributed by atoms with Crippen molar-refractivity contribution in [2.45, 2.75) is 6.92 Å². The molecule has 1 aliphatic rings. The van der Waals surface area contributed by atoms with Gasteiger partial charge in [0, 0.05) is 6.07 Å². The number of benzene rings is 2. The number of aromatic carboxylic acids is 1. The number of hydrogen-bond acceptors (Lipinski definition) is 6. The maximum absolute atomic E-state index is 12.7. The molecule has 3 rings (SSSR count). The van der Waals surface area contributed by atoms with Gasteiger partial charge < -0.3 is 10.2 Å². The summed E-state index contributed by atoms with van der Waals surface area (Å²) in [6, 6.07) is 9.53. The van der Waals surface area contributed by atoms with Gasteiger partial charge >= 0.3 is 11.7 Å². The zero-order valence-electron chi connectivity index (χ0n) is 14.0. The number of phenolic OH excluding ortho intramolecular Hbond substituents is 1. The summed E-state index contributed by atoms with van der Waals surface area (Å²) in [5.41, 5.74) is 0.750. The number of nitrogens with zero attached hydrogens (tertiary/aromatic N) is 3. The van der Waals surface area contributed by atoms with E-state index in [0.29, 0.717) is 17.0 Å². The third kappa shape index (κ3) is 3.38. The standard InChI is InChI=1S/C18H13N3O6/c1-10-14(7-11-5-6-16(22)15(8-11)21(26)27)17(23)20(19-10)13-4-2-3-12(9-13)18(24)25/h2-9,22H,1H3,(H,24,25)/b14-7-. The highest BCUT2D eigenvalue weighted by atomic mass is 16.6. The first-order chi connectivity index (χ1) is 12.8. The van der Waals surface area contributed by atoms with E-state index in [1.54, 1.807) is 13.0 Å². The monoisotopic (exact) mass is 367 g/mol. The molecule has 9 heteroatoms. The molecule has 2 N–H and O–H groups in total. The molecule has 0 saturated carbocycles. The highest BCUT2D eigenvalue weighted by Gasteiger charge is 2.29. The second-order valence-electron chi connectivity index (χ2n) is 5.72. The molecule has 27 heavy (non-hydrogen) atoms. The Morgan fingerprint density at radius 1 is 1.26 bits per heavy atom. The van der Waals surface area contributed by atoms with Gasteiger partial charge in [-0.15, -0.1) is 0 Å². The smallest absolute Gasteiger partial charge is 0.335 e. The van der Waals surface area contributed by atoms with Crippen molar-refractivity contribution in [2.24, 2.45) is 5.10 Å². The van der Waals surface area contributed by atoms with Crippen LogP contribution in [0, 0.1) is 10.1 Å². The lowest BCUT2D eigenvalue weighted by molar-refractivity contribution is -0.385. The van der Waals surface area contributed by atoms with Crippen LogP contribution < -0.4 is 5.01 Å². The largest absolute Gasteiger partial charge is 0.502 e. The minimum atomic E-state index is -1.13. The number of nitro benzene ring substituents is 1. The van der Waals surface area contributed by atoms with E-state index < -0.39 is 28.2 Å². The molecular formula is C18H13N3O6. The number of amides is 1. The fourth-order valence-electron chi connectivity index (χ4n) is 2.57. The van der Waals surface area contributed by atoms with Crippen LogP contribution in [0.15, 0.2) is 53.1 Å². The van der Waals surface area contributed by atoms with Crippen LogP contribution in [0.2, 0.25) is 0 Å². The van der Waals surface area contributed by atoms with Crippen LogP contribution in [0.1, 0.15) is 22.8 Å². The highest BCUT2D eigenvalue weighted by Crippen LogP contribution is 2.29. The zero-order chi connectivity index (χ0) is 19.7. The summed E-state index contributed by atoms with van der Waals surface area (Å²) in [6.45, 7) is 1.60. The summed E-state index contributed by atoms with van der Waals surface area (Å²) < 4.78 is 0. The highest BCUT2D eigenvalue weighted by molar-refractivity contribution is 6.32. The number of anilines is 1. The molecule has 0 unspecified atom stereocenters. The van der Waals surface area contributed by atoms with Crippen LogP contribution in [0.25, 0.3) is 6.08 Å². The molecule has 136 valence electrons. The van der Waals surface area contributed by atoms with Gasteiger partial charge in [-0.25, -0.2) is 4.79 Å². The lowest BCUT2D eigenvalue weighted by Gasteiger charge is -2.12. The summed E-state index contributed by atoms with van der Waals surface area (Å²) in [5.74, 6) is -2.10. The Morgan fingerprint density at radius 3 is 2.67 bits per heavy atom. The molecule has 1 amide bonds. The quantitative estimate of drug-likeness (QED) is 0.485. The van der Waals surface area contributed by atoms with Gasteiger partial charge in [-0.2, -0.15) is 10.1 Å². The lowest BCUT2D eigenvalue weighted by Crippen LogP contribution is -2.21. The van der Waals surface area contributed by atoms with Gasteiger partial charge in [0.05, 0.1) is 27.5 Å². The first-order valence-corrected chi connectivity index (χ1v) is 7.70. The number of aromatic hydroxyl groups is 1. The normalized spacial score (nSPS) is 15.1. The lowest BCUT2D eigenvalue weighted by atomic mass is 10.1. The SMILES string of the molecule is CC1=NN(c2cccc(C(=O)O)c2)C(=O)/C1=C\c1ccc(O)c([N+](=O)[O-])c1. The van der Waals surface area contributed by atoms with E-state index in [9.17, 15) is 24.8 Å². The minimum absolute atomic E-state index is 0.0137. The summed E-state index contributed by atoms with van der Waals surface area (Å²) >= 11 is 0. The summed E-state index contributed by atoms with van der Waals surface area (Å²) in [5, 5.41) is 34.8. The first kappa shape index (κ1) is 17.8. The third-order valence-electron chi connectivity index (χ3n) is 3.91. The van der Waals surface area contributed by atoms with Gasteiger partial charge in [0.1, 0.15) is 0 Å². The Labute approximate surface area is 152 Å². The van der Waals surface area contributed by atoms with Crippen LogP contribution in [-0.2, 0) is 4.79 Å². The van der Waals surface area contributed by atoms with Gasteiger partial charge in [0.25, 0.3) is 5.91 Å². The van der Waals surface area contributed by atoms with Crippen LogP contribution >= 0.6 is 0 Å². The summed E-state index contributed by atoms with van der Waals surface area (Å²) in [7, 11) is 0. The molecule has 1 aliphatic heterocycles. The molecule has 0 bridgehead atoms.